The molecule has 9 heteroatoms. The smallest absolute Gasteiger partial charge is 0.145 e. The Morgan fingerprint density at radius 1 is 1.00 bits per heavy atom. The van der Waals surface area contributed by atoms with Crippen LogP contribution in [0.25, 0.3) is 5.70 Å². The molecule has 0 spiro atoms. The summed E-state index contributed by atoms with van der Waals surface area (Å²) in [4.78, 5) is 11.7. The summed E-state index contributed by atoms with van der Waals surface area (Å²) in [5.74, 6) is 1.74. The van der Waals surface area contributed by atoms with Crippen molar-refractivity contribution in [2.24, 2.45) is 4.99 Å². The lowest BCUT2D eigenvalue weighted by molar-refractivity contribution is 0.0770. The highest BCUT2D eigenvalue weighted by atomic mass is 32.3. The standard InChI is InChI=1S/C30H28N6O2S/c1-23(26-5-10-29(11-6-26)39(20-31,21-32)22-33)35-30-12-7-27(36(30)17-24-13-15-34-16-14-24)19-38-18-25-3-8-28(37-2)9-4-25/h3-6,8-11,13-16,27H,1,7,12,17-19H2,2H3/t27-/m0/s1. The maximum atomic E-state index is 9.40. The van der Waals surface area contributed by atoms with Crippen LogP contribution in [0.2, 0.25) is 0 Å². The zero-order chi connectivity index (χ0) is 27.7. The maximum Gasteiger partial charge on any atom is 0.145 e. The molecule has 1 aliphatic rings. The average Bonchev–Trinajstić information content (AvgIpc) is 3.35. The van der Waals surface area contributed by atoms with Gasteiger partial charge >= 0.3 is 0 Å². The first-order chi connectivity index (χ1) is 19.0. The number of likely N-dealkylation sites (tertiary alicyclic amines) is 1. The minimum Gasteiger partial charge on any atom is -0.497 e. The Balaban J connectivity index is 1.49. The average molecular weight is 537 g/mol. The van der Waals surface area contributed by atoms with Gasteiger partial charge in [0.1, 0.15) is 27.8 Å². The third-order valence-electron chi connectivity index (χ3n) is 6.53. The van der Waals surface area contributed by atoms with Gasteiger partial charge in [0.25, 0.3) is 0 Å². The number of aromatic nitrogens is 1. The molecule has 3 aromatic rings. The minimum atomic E-state index is -2.82. The van der Waals surface area contributed by atoms with Crippen LogP contribution in [0.15, 0.2) is 89.5 Å². The number of aliphatic imine (C=N–C) groups is 1. The Morgan fingerprint density at radius 2 is 1.67 bits per heavy atom. The van der Waals surface area contributed by atoms with Crippen molar-refractivity contribution >= 4 is 21.6 Å². The van der Waals surface area contributed by atoms with Crippen molar-refractivity contribution in [3.05, 3.63) is 96.3 Å². The minimum absolute atomic E-state index is 0.149. The molecule has 0 unspecified atom stereocenters. The third kappa shape index (κ3) is 6.45. The number of nitriles is 3. The number of amidine groups is 1. The number of rotatable bonds is 10. The Kier molecular flexibility index (Phi) is 8.97. The van der Waals surface area contributed by atoms with E-state index in [2.05, 4.69) is 16.5 Å². The van der Waals surface area contributed by atoms with E-state index in [4.69, 9.17) is 14.5 Å². The van der Waals surface area contributed by atoms with Crippen LogP contribution in [0.1, 0.15) is 29.5 Å². The van der Waals surface area contributed by atoms with Crippen molar-refractivity contribution in [1.82, 2.24) is 9.88 Å². The molecule has 0 aliphatic carbocycles. The van der Waals surface area contributed by atoms with Crippen molar-refractivity contribution in [1.29, 1.82) is 15.8 Å². The quantitative estimate of drug-likeness (QED) is 0.294. The Labute approximate surface area is 230 Å². The number of hydrogen-bond acceptors (Lipinski definition) is 7. The number of methoxy groups -OCH3 is 1. The van der Waals surface area contributed by atoms with E-state index in [1.165, 1.54) is 0 Å². The first-order valence-corrected chi connectivity index (χ1v) is 13.9. The maximum absolute atomic E-state index is 9.40. The van der Waals surface area contributed by atoms with Crippen molar-refractivity contribution in [3.8, 4) is 22.0 Å². The summed E-state index contributed by atoms with van der Waals surface area (Å²) in [6, 6.07) is 18.8. The topological polar surface area (TPSA) is 118 Å². The molecule has 4 rings (SSSR count). The molecule has 0 amide bonds. The number of pyridine rings is 1. The normalized spacial score (nSPS) is 16.2. The fourth-order valence-corrected chi connectivity index (χ4v) is 5.31. The molecule has 1 atom stereocenters. The predicted molar refractivity (Wildman–Crippen MR) is 151 cm³/mol. The van der Waals surface area contributed by atoms with Gasteiger partial charge < -0.3 is 14.4 Å². The number of nitrogens with zero attached hydrogens (tertiary/aromatic N) is 6. The fraction of sp³-hybridized carbons (Fsp3) is 0.233. The SMILES string of the molecule is C=C(N=C1CC[C@@H](COCc2ccc(OC)cc2)N1Cc1ccncc1)c1ccc(S(C#N)(C#N)C#N)cc1. The molecule has 0 N–H and O–H groups in total. The van der Waals surface area contributed by atoms with Crippen molar-refractivity contribution in [2.75, 3.05) is 13.7 Å². The lowest BCUT2D eigenvalue weighted by Gasteiger charge is -2.27. The second kappa shape index (κ2) is 12.8. The van der Waals surface area contributed by atoms with Crippen molar-refractivity contribution in [3.63, 3.8) is 0 Å². The number of benzene rings is 2. The second-order valence-corrected chi connectivity index (χ2v) is 11.2. The van der Waals surface area contributed by atoms with Gasteiger partial charge in [0.15, 0.2) is 0 Å². The Morgan fingerprint density at radius 3 is 2.28 bits per heavy atom. The highest BCUT2D eigenvalue weighted by molar-refractivity contribution is 8.44. The lowest BCUT2D eigenvalue weighted by atomic mass is 10.2. The summed E-state index contributed by atoms with van der Waals surface area (Å²) in [5, 5.41) is 33.9. The van der Waals surface area contributed by atoms with E-state index >= 15 is 0 Å². The molecule has 0 saturated carbocycles. The fourth-order valence-electron chi connectivity index (χ4n) is 4.33. The highest BCUT2D eigenvalue weighted by Crippen LogP contribution is 2.52. The van der Waals surface area contributed by atoms with Gasteiger partial charge in [-0.3, -0.25) is 4.98 Å². The summed E-state index contributed by atoms with van der Waals surface area (Å²) in [6.45, 7) is 5.90. The molecule has 39 heavy (non-hydrogen) atoms. The van der Waals surface area contributed by atoms with E-state index in [1.54, 1.807) is 43.8 Å². The first kappa shape index (κ1) is 27.4. The molecule has 1 aliphatic heterocycles. The predicted octanol–water partition coefficient (Wildman–Crippen LogP) is 5.95. The molecule has 1 saturated heterocycles. The van der Waals surface area contributed by atoms with E-state index in [9.17, 15) is 15.8 Å². The second-order valence-electron chi connectivity index (χ2n) is 8.92. The monoisotopic (exact) mass is 536 g/mol. The van der Waals surface area contributed by atoms with Crippen LogP contribution in [-0.2, 0) is 17.9 Å². The molecule has 2 aromatic carbocycles. The van der Waals surface area contributed by atoms with E-state index < -0.39 is 10.0 Å². The van der Waals surface area contributed by atoms with Gasteiger partial charge in [0, 0.05) is 30.3 Å². The Bertz CT molecular complexity index is 1410. The van der Waals surface area contributed by atoms with E-state index in [0.29, 0.717) is 30.4 Å². The summed E-state index contributed by atoms with van der Waals surface area (Å²) < 4.78 is 11.3. The summed E-state index contributed by atoms with van der Waals surface area (Å²) in [7, 11) is -1.17. The van der Waals surface area contributed by atoms with Gasteiger partial charge in [-0.25, -0.2) is 4.99 Å². The molecule has 1 aromatic heterocycles. The van der Waals surface area contributed by atoms with Crippen LogP contribution in [0.3, 0.4) is 0 Å². The molecule has 2 heterocycles. The number of thiocyanates is 3. The van der Waals surface area contributed by atoms with Gasteiger partial charge in [-0.15, -0.1) is 0 Å². The Hall–Kier alpha value is -4.62. The van der Waals surface area contributed by atoms with Crippen LogP contribution in [0.5, 0.6) is 5.75 Å². The van der Waals surface area contributed by atoms with Crippen LogP contribution in [0, 0.1) is 32.0 Å². The van der Waals surface area contributed by atoms with Crippen LogP contribution in [-0.4, -0.2) is 35.5 Å². The highest BCUT2D eigenvalue weighted by Gasteiger charge is 2.30. The van der Waals surface area contributed by atoms with E-state index in [-0.39, 0.29) is 6.04 Å². The number of ether oxygens (including phenoxy) is 2. The van der Waals surface area contributed by atoms with Gasteiger partial charge in [0.2, 0.25) is 0 Å². The molecule has 0 radical (unpaired) electrons. The van der Waals surface area contributed by atoms with Gasteiger partial charge in [-0.1, -0.05) is 30.8 Å². The van der Waals surface area contributed by atoms with Crippen LogP contribution >= 0.6 is 10.0 Å². The van der Waals surface area contributed by atoms with Crippen molar-refractivity contribution in [2.45, 2.75) is 36.9 Å². The van der Waals surface area contributed by atoms with E-state index in [1.807, 2.05) is 52.6 Å². The molecule has 1 fully saturated rings. The molecular weight excluding hydrogens is 508 g/mol. The molecule has 196 valence electrons. The van der Waals surface area contributed by atoms with Gasteiger partial charge in [0.05, 0.1) is 42.1 Å². The van der Waals surface area contributed by atoms with Crippen LogP contribution in [0.4, 0.5) is 0 Å². The van der Waals surface area contributed by atoms with E-state index in [0.717, 1.165) is 41.1 Å². The van der Waals surface area contributed by atoms with Gasteiger partial charge in [-0.2, -0.15) is 15.8 Å². The molecular formula is C30H28N6O2S. The van der Waals surface area contributed by atoms with Crippen molar-refractivity contribution < 1.29 is 9.47 Å². The summed E-state index contributed by atoms with van der Waals surface area (Å²) in [5.41, 5.74) is 3.53. The molecule has 0 bridgehead atoms. The largest absolute Gasteiger partial charge is 0.497 e. The summed E-state index contributed by atoms with van der Waals surface area (Å²) >= 11 is 0. The lowest BCUT2D eigenvalue weighted by Crippen LogP contribution is -2.35. The zero-order valence-corrected chi connectivity index (χ0v) is 22.5. The summed E-state index contributed by atoms with van der Waals surface area (Å²) in [6.07, 6.45) is 5.24. The van der Waals surface area contributed by atoms with Crippen LogP contribution < -0.4 is 4.74 Å². The number of hydrogen-bond donors (Lipinski definition) is 0. The first-order valence-electron chi connectivity index (χ1n) is 12.3. The third-order valence-corrected chi connectivity index (χ3v) is 8.33. The zero-order valence-electron chi connectivity index (χ0n) is 21.7. The van der Waals surface area contributed by atoms with Gasteiger partial charge in [-0.05, 0) is 59.5 Å². The molecule has 8 nitrogen and oxygen atoms in total.